The highest BCUT2D eigenvalue weighted by Crippen LogP contribution is 2.23. The van der Waals surface area contributed by atoms with E-state index < -0.39 is 6.43 Å². The molecule has 0 aliphatic carbocycles. The number of ether oxygens (including phenoxy) is 1. The van der Waals surface area contributed by atoms with Crippen molar-refractivity contribution in [2.45, 2.75) is 13.0 Å². The zero-order chi connectivity index (χ0) is 11.3. The standard InChI is InChI=1S/C10H12BrF2NO/c1-15-9-4-8(11)3-2-7(9)5-14-6-10(12)13/h2-4,10,14H,5-6H2,1H3. The van der Waals surface area contributed by atoms with Crippen molar-refractivity contribution < 1.29 is 13.5 Å². The van der Waals surface area contributed by atoms with E-state index in [2.05, 4.69) is 21.2 Å². The second kappa shape index (κ2) is 6.02. The Bertz CT molecular complexity index is 320. The van der Waals surface area contributed by atoms with Gasteiger partial charge in [-0.05, 0) is 12.1 Å². The molecule has 0 spiro atoms. The van der Waals surface area contributed by atoms with Gasteiger partial charge >= 0.3 is 0 Å². The van der Waals surface area contributed by atoms with Crippen LogP contribution in [0.2, 0.25) is 0 Å². The summed E-state index contributed by atoms with van der Waals surface area (Å²) in [4.78, 5) is 0. The summed E-state index contributed by atoms with van der Waals surface area (Å²) in [6.45, 7) is 0.0695. The number of nitrogens with one attached hydrogen (secondary N) is 1. The maximum Gasteiger partial charge on any atom is 0.250 e. The van der Waals surface area contributed by atoms with E-state index in [1.807, 2.05) is 12.1 Å². The van der Waals surface area contributed by atoms with Crippen LogP contribution in [-0.4, -0.2) is 20.1 Å². The van der Waals surface area contributed by atoms with Gasteiger partial charge in [-0.1, -0.05) is 22.0 Å². The Hall–Kier alpha value is -0.680. The molecule has 1 aromatic carbocycles. The van der Waals surface area contributed by atoms with Gasteiger partial charge in [0.1, 0.15) is 5.75 Å². The minimum Gasteiger partial charge on any atom is -0.496 e. The number of hydrogen-bond donors (Lipinski definition) is 1. The number of hydrogen-bond acceptors (Lipinski definition) is 2. The molecule has 1 aromatic rings. The minimum atomic E-state index is -2.33. The number of methoxy groups -OCH3 is 1. The van der Waals surface area contributed by atoms with E-state index in [9.17, 15) is 8.78 Å². The van der Waals surface area contributed by atoms with Crippen molar-refractivity contribution >= 4 is 15.9 Å². The van der Waals surface area contributed by atoms with E-state index in [0.717, 1.165) is 10.0 Å². The molecule has 0 aliphatic rings. The predicted octanol–water partition coefficient (Wildman–Crippen LogP) is 2.81. The molecule has 2 nitrogen and oxygen atoms in total. The first kappa shape index (κ1) is 12.4. The first-order valence-electron chi connectivity index (χ1n) is 4.44. The van der Waals surface area contributed by atoms with Crippen LogP contribution in [0, 0.1) is 0 Å². The fourth-order valence-corrected chi connectivity index (χ4v) is 1.52. The van der Waals surface area contributed by atoms with E-state index >= 15 is 0 Å². The molecule has 0 heterocycles. The molecule has 0 aromatic heterocycles. The highest BCUT2D eigenvalue weighted by Gasteiger charge is 2.05. The Balaban J connectivity index is 2.60. The van der Waals surface area contributed by atoms with Crippen LogP contribution in [0.15, 0.2) is 22.7 Å². The van der Waals surface area contributed by atoms with E-state index in [1.54, 1.807) is 13.2 Å². The Kier molecular flexibility index (Phi) is 4.98. The average Bonchev–Trinajstić information content (AvgIpc) is 2.19. The predicted molar refractivity (Wildman–Crippen MR) is 58.4 cm³/mol. The van der Waals surface area contributed by atoms with Crippen LogP contribution in [0.5, 0.6) is 5.75 Å². The summed E-state index contributed by atoms with van der Waals surface area (Å²) in [7, 11) is 1.55. The molecule has 0 saturated heterocycles. The van der Waals surface area contributed by atoms with Gasteiger partial charge in [0.05, 0.1) is 13.7 Å². The third kappa shape index (κ3) is 4.13. The SMILES string of the molecule is COc1cc(Br)ccc1CNCC(F)F. The molecule has 0 amide bonds. The highest BCUT2D eigenvalue weighted by molar-refractivity contribution is 9.10. The molecule has 0 fully saturated rings. The van der Waals surface area contributed by atoms with Gasteiger partial charge in [0, 0.05) is 16.6 Å². The van der Waals surface area contributed by atoms with Gasteiger partial charge < -0.3 is 10.1 Å². The van der Waals surface area contributed by atoms with Gasteiger partial charge in [-0.3, -0.25) is 0 Å². The van der Waals surface area contributed by atoms with Crippen LogP contribution < -0.4 is 10.1 Å². The molecule has 0 unspecified atom stereocenters. The smallest absolute Gasteiger partial charge is 0.250 e. The lowest BCUT2D eigenvalue weighted by atomic mass is 10.2. The van der Waals surface area contributed by atoms with E-state index in [-0.39, 0.29) is 6.54 Å². The van der Waals surface area contributed by atoms with Crippen molar-refractivity contribution in [3.63, 3.8) is 0 Å². The Labute approximate surface area is 95.8 Å². The van der Waals surface area contributed by atoms with Gasteiger partial charge in [-0.25, -0.2) is 8.78 Å². The largest absolute Gasteiger partial charge is 0.496 e. The maximum absolute atomic E-state index is 11.9. The van der Waals surface area contributed by atoms with Crippen molar-refractivity contribution in [1.29, 1.82) is 0 Å². The van der Waals surface area contributed by atoms with Crippen molar-refractivity contribution in [3.05, 3.63) is 28.2 Å². The van der Waals surface area contributed by atoms with Crippen LogP contribution in [-0.2, 0) is 6.54 Å². The van der Waals surface area contributed by atoms with E-state index in [0.29, 0.717) is 12.3 Å². The third-order valence-corrected chi connectivity index (χ3v) is 2.36. The van der Waals surface area contributed by atoms with Gasteiger partial charge in [0.15, 0.2) is 0 Å². The summed E-state index contributed by atoms with van der Waals surface area (Å²) in [5.41, 5.74) is 0.862. The van der Waals surface area contributed by atoms with E-state index in [4.69, 9.17) is 4.74 Å². The quantitative estimate of drug-likeness (QED) is 0.895. The second-order valence-corrected chi connectivity index (χ2v) is 3.89. The minimum absolute atomic E-state index is 0.306. The molecule has 1 rings (SSSR count). The first-order valence-corrected chi connectivity index (χ1v) is 5.24. The second-order valence-electron chi connectivity index (χ2n) is 2.98. The van der Waals surface area contributed by atoms with Crippen molar-refractivity contribution in [1.82, 2.24) is 5.32 Å². The van der Waals surface area contributed by atoms with Gasteiger partial charge in [0.25, 0.3) is 6.43 Å². The first-order chi connectivity index (χ1) is 7.13. The topological polar surface area (TPSA) is 21.3 Å². The molecule has 15 heavy (non-hydrogen) atoms. The number of rotatable bonds is 5. The molecule has 0 atom stereocenters. The Morgan fingerprint density at radius 1 is 1.47 bits per heavy atom. The molecule has 0 radical (unpaired) electrons. The lowest BCUT2D eigenvalue weighted by Gasteiger charge is -2.09. The van der Waals surface area contributed by atoms with Crippen LogP contribution >= 0.6 is 15.9 Å². The summed E-state index contributed by atoms with van der Waals surface area (Å²) in [5, 5.41) is 2.65. The van der Waals surface area contributed by atoms with Crippen molar-refractivity contribution in [2.24, 2.45) is 0 Å². The van der Waals surface area contributed by atoms with Gasteiger partial charge in [0.2, 0.25) is 0 Å². The van der Waals surface area contributed by atoms with Crippen molar-refractivity contribution in [2.75, 3.05) is 13.7 Å². The Morgan fingerprint density at radius 3 is 2.80 bits per heavy atom. The summed E-state index contributed by atoms with van der Waals surface area (Å²) < 4.78 is 29.8. The monoisotopic (exact) mass is 279 g/mol. The highest BCUT2D eigenvalue weighted by atomic mass is 79.9. The molecular weight excluding hydrogens is 268 g/mol. The normalized spacial score (nSPS) is 10.7. The third-order valence-electron chi connectivity index (χ3n) is 1.86. The number of benzene rings is 1. The zero-order valence-corrected chi connectivity index (χ0v) is 9.85. The van der Waals surface area contributed by atoms with Gasteiger partial charge in [-0.2, -0.15) is 0 Å². The zero-order valence-electron chi connectivity index (χ0n) is 8.27. The Morgan fingerprint density at radius 2 is 2.20 bits per heavy atom. The maximum atomic E-state index is 11.9. The molecule has 1 N–H and O–H groups in total. The summed E-state index contributed by atoms with van der Waals surface area (Å²) >= 11 is 3.31. The fourth-order valence-electron chi connectivity index (χ4n) is 1.18. The average molecular weight is 280 g/mol. The fraction of sp³-hybridized carbons (Fsp3) is 0.400. The lowest BCUT2D eigenvalue weighted by Crippen LogP contribution is -2.20. The molecule has 0 aliphatic heterocycles. The summed E-state index contributed by atoms with van der Waals surface area (Å²) in [6, 6.07) is 5.49. The number of halogens is 3. The van der Waals surface area contributed by atoms with Gasteiger partial charge in [-0.15, -0.1) is 0 Å². The van der Waals surface area contributed by atoms with Crippen LogP contribution in [0.1, 0.15) is 5.56 Å². The number of alkyl halides is 2. The summed E-state index contributed by atoms with van der Waals surface area (Å²) in [6.07, 6.45) is -2.33. The molecule has 84 valence electrons. The molecular formula is C10H12BrF2NO. The lowest BCUT2D eigenvalue weighted by molar-refractivity contribution is 0.145. The molecule has 0 saturated carbocycles. The van der Waals surface area contributed by atoms with Crippen LogP contribution in [0.25, 0.3) is 0 Å². The van der Waals surface area contributed by atoms with E-state index in [1.165, 1.54) is 0 Å². The summed E-state index contributed by atoms with van der Waals surface area (Å²) in [5.74, 6) is 0.686. The van der Waals surface area contributed by atoms with Crippen molar-refractivity contribution in [3.8, 4) is 5.75 Å². The molecule has 0 bridgehead atoms. The molecule has 5 heteroatoms. The van der Waals surface area contributed by atoms with Crippen LogP contribution in [0.3, 0.4) is 0 Å². The van der Waals surface area contributed by atoms with Crippen LogP contribution in [0.4, 0.5) is 8.78 Å².